The minimum atomic E-state index is -0.688. The first-order valence-electron chi connectivity index (χ1n) is 6.72. The number of halogens is 1. The number of hydrogen-bond acceptors (Lipinski definition) is 4. The van der Waals surface area contributed by atoms with Gasteiger partial charge in [0.25, 0.3) is 0 Å². The number of carbonyl (C=O) groups is 3. The maximum absolute atomic E-state index is 12.1. The van der Waals surface area contributed by atoms with E-state index in [0.717, 1.165) is 12.5 Å². The molecule has 0 radical (unpaired) electrons. The molecule has 0 fully saturated rings. The molecule has 0 spiro atoms. The molecule has 5 nitrogen and oxygen atoms in total. The summed E-state index contributed by atoms with van der Waals surface area (Å²) in [6, 6.07) is 7.34. The van der Waals surface area contributed by atoms with Crippen LogP contribution in [0.1, 0.15) is 35.0 Å². The van der Waals surface area contributed by atoms with E-state index in [0.29, 0.717) is 22.8 Å². The number of benzene rings is 1. The third kappa shape index (κ3) is 3.89. The highest BCUT2D eigenvalue weighted by molar-refractivity contribution is 6.40. The number of aromatic nitrogens is 2. The zero-order chi connectivity index (χ0) is 16.3. The summed E-state index contributed by atoms with van der Waals surface area (Å²) in [4.78, 5) is 34.4. The van der Waals surface area contributed by atoms with Crippen LogP contribution in [0.15, 0.2) is 30.5 Å². The van der Waals surface area contributed by atoms with E-state index in [-0.39, 0.29) is 0 Å². The van der Waals surface area contributed by atoms with Gasteiger partial charge in [0.1, 0.15) is 0 Å². The molecule has 114 valence electrons. The van der Waals surface area contributed by atoms with Gasteiger partial charge in [0, 0.05) is 18.1 Å². The summed E-state index contributed by atoms with van der Waals surface area (Å²) in [5.74, 6) is -1.70. The van der Waals surface area contributed by atoms with Gasteiger partial charge in [-0.05, 0) is 24.6 Å². The minimum absolute atomic E-state index is 0.358. The van der Waals surface area contributed by atoms with E-state index in [1.807, 2.05) is 18.2 Å². The molecule has 1 aromatic carbocycles. The van der Waals surface area contributed by atoms with E-state index in [9.17, 15) is 14.4 Å². The van der Waals surface area contributed by atoms with Crippen molar-refractivity contribution in [1.82, 2.24) is 9.78 Å². The molecule has 0 N–H and O–H groups in total. The molecule has 0 aliphatic rings. The lowest BCUT2D eigenvalue weighted by Crippen LogP contribution is -2.15. The molecule has 0 saturated heterocycles. The van der Waals surface area contributed by atoms with Gasteiger partial charge in [-0.15, -0.1) is 0 Å². The lowest BCUT2D eigenvalue weighted by Gasteiger charge is -2.02. The van der Waals surface area contributed by atoms with Gasteiger partial charge >= 0.3 is 0 Å². The molecular formula is C16H15ClN2O3. The zero-order valence-corrected chi connectivity index (χ0v) is 13.1. The van der Waals surface area contributed by atoms with Gasteiger partial charge in [0.05, 0.1) is 24.2 Å². The van der Waals surface area contributed by atoms with Crippen molar-refractivity contribution in [2.75, 3.05) is 0 Å². The molecular weight excluding hydrogens is 304 g/mol. The molecule has 0 atom stereocenters. The van der Waals surface area contributed by atoms with Crippen molar-refractivity contribution < 1.29 is 14.4 Å². The number of hydrogen-bond donors (Lipinski definition) is 0. The van der Waals surface area contributed by atoms with Crippen molar-refractivity contribution in [3.05, 3.63) is 52.3 Å². The zero-order valence-electron chi connectivity index (χ0n) is 12.3. The highest BCUT2D eigenvalue weighted by Gasteiger charge is 2.19. The molecule has 22 heavy (non-hydrogen) atoms. The molecule has 1 aromatic heterocycles. The summed E-state index contributed by atoms with van der Waals surface area (Å²) < 4.78 is 1.62. The van der Waals surface area contributed by atoms with Crippen LogP contribution in [-0.4, -0.2) is 27.1 Å². The highest BCUT2D eigenvalue weighted by atomic mass is 35.5. The summed E-state index contributed by atoms with van der Waals surface area (Å²) in [6.45, 7) is 3.32. The van der Waals surface area contributed by atoms with Crippen LogP contribution in [0, 0.1) is 6.92 Å². The van der Waals surface area contributed by atoms with Crippen LogP contribution in [0.3, 0.4) is 0 Å². The second-order valence-electron chi connectivity index (χ2n) is 5.04. The second kappa shape index (κ2) is 6.66. The van der Waals surface area contributed by atoms with Gasteiger partial charge in [-0.25, -0.2) is 0 Å². The second-order valence-corrected chi connectivity index (χ2v) is 5.47. The molecule has 0 bridgehead atoms. The molecule has 0 saturated carbocycles. The quantitative estimate of drug-likeness (QED) is 0.466. The van der Waals surface area contributed by atoms with Gasteiger partial charge in [-0.1, -0.05) is 23.7 Å². The third-order valence-corrected chi connectivity index (χ3v) is 3.43. The summed E-state index contributed by atoms with van der Waals surface area (Å²) in [5, 5.41) is 4.89. The first kappa shape index (κ1) is 16.1. The monoisotopic (exact) mass is 318 g/mol. The Hall–Kier alpha value is -2.27. The standard InChI is InChI=1S/C16H15ClN2O3/c1-10-14(16(22)7-15(21)11(2)20)9-19(18-10)8-12-4-3-5-13(17)6-12/h3-6,9H,7-8H2,1-2H3. The molecule has 0 aliphatic heterocycles. The van der Waals surface area contributed by atoms with Crippen LogP contribution in [0.25, 0.3) is 0 Å². The molecule has 6 heteroatoms. The summed E-state index contributed by atoms with van der Waals surface area (Å²) in [6.07, 6.45) is 1.17. The van der Waals surface area contributed by atoms with Crippen LogP contribution in [0.5, 0.6) is 0 Å². The highest BCUT2D eigenvalue weighted by Crippen LogP contribution is 2.14. The van der Waals surface area contributed by atoms with Gasteiger partial charge in [0.15, 0.2) is 11.6 Å². The predicted octanol–water partition coefficient (Wildman–Crippen LogP) is 2.62. The average molecular weight is 319 g/mol. The van der Waals surface area contributed by atoms with Crippen molar-refractivity contribution in [2.45, 2.75) is 26.8 Å². The Morgan fingerprint density at radius 3 is 2.64 bits per heavy atom. The number of aryl methyl sites for hydroxylation is 1. The lowest BCUT2D eigenvalue weighted by atomic mass is 10.1. The molecule has 0 aliphatic carbocycles. The van der Waals surface area contributed by atoms with Gasteiger partial charge in [-0.3, -0.25) is 19.1 Å². The first-order chi connectivity index (χ1) is 10.4. The molecule has 2 aromatic rings. The van der Waals surface area contributed by atoms with E-state index in [1.54, 1.807) is 23.9 Å². The van der Waals surface area contributed by atoms with E-state index in [2.05, 4.69) is 5.10 Å². The van der Waals surface area contributed by atoms with Gasteiger partial charge in [-0.2, -0.15) is 5.10 Å². The van der Waals surface area contributed by atoms with Crippen molar-refractivity contribution in [3.63, 3.8) is 0 Å². The number of ketones is 3. The van der Waals surface area contributed by atoms with Crippen LogP contribution in [0.4, 0.5) is 0 Å². The van der Waals surface area contributed by atoms with Gasteiger partial charge < -0.3 is 0 Å². The van der Waals surface area contributed by atoms with Crippen LogP contribution in [0.2, 0.25) is 5.02 Å². The Bertz CT molecular complexity index is 750. The normalized spacial score (nSPS) is 10.5. The van der Waals surface area contributed by atoms with E-state index < -0.39 is 23.8 Å². The molecule has 0 amide bonds. The summed E-state index contributed by atoms with van der Waals surface area (Å²) >= 11 is 5.93. The third-order valence-electron chi connectivity index (χ3n) is 3.19. The summed E-state index contributed by atoms with van der Waals surface area (Å²) in [5.41, 5.74) is 1.84. The Kier molecular flexibility index (Phi) is 4.88. The van der Waals surface area contributed by atoms with E-state index in [1.165, 1.54) is 0 Å². The van der Waals surface area contributed by atoms with Crippen LogP contribution >= 0.6 is 11.6 Å². The molecule has 0 unspecified atom stereocenters. The largest absolute Gasteiger partial charge is 0.294 e. The van der Waals surface area contributed by atoms with E-state index in [4.69, 9.17) is 11.6 Å². The fraction of sp³-hybridized carbons (Fsp3) is 0.250. The molecule has 2 rings (SSSR count). The van der Waals surface area contributed by atoms with Crippen molar-refractivity contribution in [1.29, 1.82) is 0 Å². The predicted molar refractivity (Wildman–Crippen MR) is 82.2 cm³/mol. The van der Waals surface area contributed by atoms with Crippen LogP contribution in [-0.2, 0) is 16.1 Å². The topological polar surface area (TPSA) is 69.0 Å². The number of nitrogens with zero attached hydrogens (tertiary/aromatic N) is 2. The number of carbonyl (C=O) groups excluding carboxylic acids is 3. The maximum atomic E-state index is 12.1. The lowest BCUT2D eigenvalue weighted by molar-refractivity contribution is -0.134. The van der Waals surface area contributed by atoms with Crippen molar-refractivity contribution >= 4 is 29.0 Å². The van der Waals surface area contributed by atoms with Gasteiger partial charge in [0.2, 0.25) is 5.78 Å². The fourth-order valence-corrected chi connectivity index (χ4v) is 2.27. The van der Waals surface area contributed by atoms with Crippen LogP contribution < -0.4 is 0 Å². The Balaban J connectivity index is 2.16. The first-order valence-corrected chi connectivity index (χ1v) is 7.10. The SMILES string of the molecule is CC(=O)C(=O)CC(=O)c1cn(Cc2cccc(Cl)c2)nc1C. The van der Waals surface area contributed by atoms with Crippen molar-refractivity contribution in [3.8, 4) is 0 Å². The number of Topliss-reactive ketones (excluding diaryl/α,β-unsaturated/α-hetero) is 3. The Morgan fingerprint density at radius 1 is 1.27 bits per heavy atom. The Labute approximate surface area is 132 Å². The molecule has 1 heterocycles. The smallest absolute Gasteiger partial charge is 0.205 e. The Morgan fingerprint density at radius 2 is 2.00 bits per heavy atom. The maximum Gasteiger partial charge on any atom is 0.205 e. The van der Waals surface area contributed by atoms with E-state index >= 15 is 0 Å². The summed E-state index contributed by atoms with van der Waals surface area (Å²) in [7, 11) is 0. The average Bonchev–Trinajstić information content (AvgIpc) is 2.79. The van der Waals surface area contributed by atoms with Crippen molar-refractivity contribution in [2.24, 2.45) is 0 Å². The fourth-order valence-electron chi connectivity index (χ4n) is 2.06. The minimum Gasteiger partial charge on any atom is -0.294 e. The number of rotatable bonds is 6.